The number of para-hydroxylation sites is 2. The minimum Gasteiger partial charge on any atom is -0.308 e. The Kier molecular flexibility index (Phi) is 5.12. The number of fused-ring (bicyclic) bond motifs is 13. The highest BCUT2D eigenvalue weighted by Gasteiger charge is 2.33. The van der Waals surface area contributed by atoms with Crippen molar-refractivity contribution in [1.82, 2.24) is 9.38 Å². The molecule has 10 rings (SSSR count). The first-order valence-electron chi connectivity index (χ1n) is 16.3. The van der Waals surface area contributed by atoms with Crippen molar-refractivity contribution in [2.75, 3.05) is 0 Å². The lowest BCUT2D eigenvalue weighted by atomic mass is 9.81. The van der Waals surface area contributed by atoms with E-state index in [0.29, 0.717) is 0 Å². The molecule has 0 amide bonds. The third-order valence-corrected chi connectivity index (χ3v) is 10.7. The highest BCUT2D eigenvalue weighted by molar-refractivity contribution is 6.26. The molecular weight excluding hydrogens is 544 g/mol. The van der Waals surface area contributed by atoms with Gasteiger partial charge in [0, 0.05) is 38.5 Å². The number of aryl methyl sites for hydroxylation is 3. The van der Waals surface area contributed by atoms with Gasteiger partial charge in [-0.1, -0.05) is 104 Å². The van der Waals surface area contributed by atoms with Crippen LogP contribution >= 0.6 is 0 Å². The summed E-state index contributed by atoms with van der Waals surface area (Å²) in [5.41, 5.74) is 13.4. The van der Waals surface area contributed by atoms with Gasteiger partial charge in [-0.25, -0.2) is 0 Å². The second-order valence-corrected chi connectivity index (χ2v) is 12.9. The van der Waals surface area contributed by atoms with Crippen LogP contribution in [-0.2, 0) is 12.8 Å². The van der Waals surface area contributed by atoms with Crippen molar-refractivity contribution in [3.63, 3.8) is 0 Å². The predicted octanol–water partition coefficient (Wildman–Crippen LogP) is 11.2. The molecule has 1 aliphatic carbocycles. The third-order valence-electron chi connectivity index (χ3n) is 10.7. The van der Waals surface area contributed by atoms with Crippen molar-refractivity contribution in [1.29, 1.82) is 0 Å². The van der Waals surface area contributed by atoms with E-state index in [1.165, 1.54) is 93.2 Å². The zero-order valence-electron chi connectivity index (χ0n) is 25.6. The maximum Gasteiger partial charge on any atom is 0.0623 e. The van der Waals surface area contributed by atoms with Crippen LogP contribution in [0.5, 0.6) is 0 Å². The average Bonchev–Trinajstić information content (AvgIpc) is 3.54. The lowest BCUT2D eigenvalue weighted by Gasteiger charge is -2.24. The molecule has 0 spiro atoms. The Morgan fingerprint density at radius 1 is 0.689 bits per heavy atom. The summed E-state index contributed by atoms with van der Waals surface area (Å²) < 4.78 is 2.53. The maximum absolute atomic E-state index is 5.53. The molecule has 0 saturated heterocycles. The zero-order chi connectivity index (χ0) is 29.8. The Morgan fingerprint density at radius 2 is 1.36 bits per heavy atom. The highest BCUT2D eigenvalue weighted by Crippen LogP contribution is 2.52. The van der Waals surface area contributed by atoms with Gasteiger partial charge in [0.05, 0.1) is 22.2 Å². The van der Waals surface area contributed by atoms with Crippen molar-refractivity contribution < 1.29 is 0 Å². The first kappa shape index (κ1) is 25.2. The van der Waals surface area contributed by atoms with Crippen molar-refractivity contribution in [3.8, 4) is 11.1 Å². The molecule has 0 fully saturated rings. The molecule has 1 atom stereocenters. The summed E-state index contributed by atoms with van der Waals surface area (Å²) >= 11 is 0. The fourth-order valence-corrected chi connectivity index (χ4v) is 8.84. The molecule has 0 radical (unpaired) electrons. The molecule has 9 aromatic rings. The highest BCUT2D eigenvalue weighted by atomic mass is 14.9. The summed E-state index contributed by atoms with van der Waals surface area (Å²) in [7, 11) is 0. The molecule has 2 nitrogen and oxygen atoms in total. The molecule has 214 valence electrons. The van der Waals surface area contributed by atoms with Crippen molar-refractivity contribution in [2.24, 2.45) is 0 Å². The van der Waals surface area contributed by atoms with Crippen LogP contribution in [0.15, 0.2) is 115 Å². The second-order valence-electron chi connectivity index (χ2n) is 12.9. The third kappa shape index (κ3) is 3.27. The summed E-state index contributed by atoms with van der Waals surface area (Å²) in [4.78, 5) is 5.53. The smallest absolute Gasteiger partial charge is 0.0623 e. The fraction of sp³-hybridized carbons (Fsp3) is 0.140. The Bertz CT molecular complexity index is 2660. The van der Waals surface area contributed by atoms with Gasteiger partial charge in [-0.2, -0.15) is 0 Å². The molecule has 45 heavy (non-hydrogen) atoms. The summed E-state index contributed by atoms with van der Waals surface area (Å²) in [5.74, 6) is 0.168. The number of hydrogen-bond donors (Lipinski definition) is 0. The molecule has 3 heterocycles. The lowest BCUT2D eigenvalue weighted by molar-refractivity contribution is 0.700. The van der Waals surface area contributed by atoms with Crippen LogP contribution in [-0.4, -0.2) is 9.38 Å². The lowest BCUT2D eigenvalue weighted by Crippen LogP contribution is -2.10. The molecule has 6 aromatic carbocycles. The van der Waals surface area contributed by atoms with Crippen LogP contribution in [0.1, 0.15) is 47.3 Å². The first-order chi connectivity index (χ1) is 22.2. The minimum atomic E-state index is 0.168. The monoisotopic (exact) mass is 576 g/mol. The Morgan fingerprint density at radius 3 is 2.16 bits per heavy atom. The van der Waals surface area contributed by atoms with Crippen LogP contribution in [0.3, 0.4) is 0 Å². The van der Waals surface area contributed by atoms with Crippen LogP contribution in [0.25, 0.3) is 70.8 Å². The molecule has 0 aliphatic heterocycles. The van der Waals surface area contributed by atoms with E-state index in [1.54, 1.807) is 0 Å². The van der Waals surface area contributed by atoms with Gasteiger partial charge in [-0.05, 0) is 88.4 Å². The van der Waals surface area contributed by atoms with Gasteiger partial charge < -0.3 is 4.40 Å². The average molecular weight is 577 g/mol. The topological polar surface area (TPSA) is 17.3 Å². The summed E-state index contributed by atoms with van der Waals surface area (Å²) in [6.07, 6.45) is 3.00. The minimum absolute atomic E-state index is 0.168. The first-order valence-corrected chi connectivity index (χ1v) is 16.3. The normalized spacial score (nSPS) is 15.0. The van der Waals surface area contributed by atoms with Crippen LogP contribution in [0, 0.1) is 6.92 Å². The Hall–Kier alpha value is -5.21. The van der Waals surface area contributed by atoms with Crippen molar-refractivity contribution >= 4 is 59.6 Å². The SMILES string of the molecule is CCc1c(C2CCc3ccc4ccccc4c3-c3cc4c5ccccc5n5c6ccccc6c(c32)c45)nc(C)c2ccccc12. The van der Waals surface area contributed by atoms with Gasteiger partial charge in [-0.15, -0.1) is 0 Å². The largest absolute Gasteiger partial charge is 0.308 e. The number of pyridine rings is 1. The number of nitrogens with zero attached hydrogens (tertiary/aromatic N) is 2. The van der Waals surface area contributed by atoms with E-state index >= 15 is 0 Å². The standard InChI is InChI=1S/C43H32N2/c1-3-28-31-15-7-6-13-29(31)25(2)44-42(28)34-23-22-27-21-20-26-12-4-5-14-30(26)39(27)36-24-35-32-16-8-10-18-37(32)45-38-19-11-9-17-33(38)41(40(34)36)43(35)45/h4-21,24,34H,3,22-23H2,1-2H3. The van der Waals surface area contributed by atoms with E-state index in [9.17, 15) is 0 Å². The van der Waals surface area contributed by atoms with Gasteiger partial charge in [0.25, 0.3) is 0 Å². The zero-order valence-corrected chi connectivity index (χ0v) is 25.6. The Balaban J connectivity index is 1.45. The van der Waals surface area contributed by atoms with E-state index in [4.69, 9.17) is 4.98 Å². The van der Waals surface area contributed by atoms with E-state index in [1.807, 2.05) is 0 Å². The Labute approximate surface area is 261 Å². The van der Waals surface area contributed by atoms with Gasteiger partial charge in [-0.3, -0.25) is 4.98 Å². The van der Waals surface area contributed by atoms with Crippen LogP contribution in [0.2, 0.25) is 0 Å². The molecule has 1 unspecified atom stereocenters. The summed E-state index contributed by atoms with van der Waals surface area (Å²) in [6.45, 7) is 4.50. The van der Waals surface area contributed by atoms with Gasteiger partial charge in [0.1, 0.15) is 0 Å². The quantitative estimate of drug-likeness (QED) is 0.200. The number of aromatic nitrogens is 2. The second kappa shape index (κ2) is 9.15. The molecule has 2 heteroatoms. The van der Waals surface area contributed by atoms with Gasteiger partial charge in [0.15, 0.2) is 0 Å². The maximum atomic E-state index is 5.53. The number of rotatable bonds is 2. The number of hydrogen-bond acceptors (Lipinski definition) is 1. The molecule has 0 bridgehead atoms. The molecular formula is C43H32N2. The summed E-state index contributed by atoms with van der Waals surface area (Å²) in [6, 6.07) is 43.1. The molecule has 3 aromatic heterocycles. The van der Waals surface area contributed by atoms with Crippen LogP contribution < -0.4 is 0 Å². The van der Waals surface area contributed by atoms with Gasteiger partial charge >= 0.3 is 0 Å². The number of benzene rings is 6. The van der Waals surface area contributed by atoms with Gasteiger partial charge in [0.2, 0.25) is 0 Å². The molecule has 1 aliphatic rings. The van der Waals surface area contributed by atoms with Crippen molar-refractivity contribution in [3.05, 3.63) is 143 Å². The molecule has 0 saturated carbocycles. The van der Waals surface area contributed by atoms with Crippen LogP contribution in [0.4, 0.5) is 0 Å². The predicted molar refractivity (Wildman–Crippen MR) is 190 cm³/mol. The molecule has 0 N–H and O–H groups in total. The van der Waals surface area contributed by atoms with E-state index in [-0.39, 0.29) is 5.92 Å². The van der Waals surface area contributed by atoms with Crippen molar-refractivity contribution in [2.45, 2.75) is 39.0 Å². The van der Waals surface area contributed by atoms with E-state index in [2.05, 4.69) is 134 Å². The van der Waals surface area contributed by atoms with E-state index in [0.717, 1.165) is 25.0 Å². The summed E-state index contributed by atoms with van der Waals surface area (Å²) in [5, 5.41) is 10.7. The fourth-order valence-electron chi connectivity index (χ4n) is 8.84. The van der Waals surface area contributed by atoms with E-state index < -0.39 is 0 Å².